The van der Waals surface area contributed by atoms with Crippen molar-refractivity contribution in [2.45, 2.75) is 32.2 Å². The SMILES string of the molecule is Cc1cc(=O)c(C(=O)N2CCCCC2C(N)=S)c[nH]1. The van der Waals surface area contributed by atoms with Crippen LogP contribution in [0, 0.1) is 6.92 Å². The molecule has 6 heteroatoms. The number of pyridine rings is 1. The second-order valence-electron chi connectivity index (χ2n) is 4.81. The summed E-state index contributed by atoms with van der Waals surface area (Å²) in [5, 5.41) is 0. The number of aromatic nitrogens is 1. The fourth-order valence-corrected chi connectivity index (χ4v) is 2.61. The molecule has 0 saturated carbocycles. The number of aryl methyl sites for hydroxylation is 1. The van der Waals surface area contributed by atoms with Crippen LogP contribution in [0.2, 0.25) is 0 Å². The number of thiocarbonyl (C=S) groups is 1. The van der Waals surface area contributed by atoms with Gasteiger partial charge in [0.2, 0.25) is 0 Å². The lowest BCUT2D eigenvalue weighted by atomic mass is 10.0. The number of nitrogens with zero attached hydrogens (tertiary/aromatic N) is 1. The molecule has 3 N–H and O–H groups in total. The molecule has 1 atom stereocenters. The first-order valence-corrected chi connectivity index (χ1v) is 6.71. The van der Waals surface area contributed by atoms with Gasteiger partial charge in [-0.1, -0.05) is 12.2 Å². The standard InChI is InChI=1S/C13H17N3O2S/c1-8-6-11(17)9(7-15-8)13(18)16-5-3-2-4-10(16)12(14)19/h6-7,10H,2-5H2,1H3,(H2,14,19)(H,15,17). The average molecular weight is 279 g/mol. The molecule has 1 aromatic rings. The zero-order valence-electron chi connectivity index (χ0n) is 10.8. The molecule has 1 unspecified atom stereocenters. The molecule has 0 aromatic carbocycles. The van der Waals surface area contributed by atoms with Crippen molar-refractivity contribution in [3.8, 4) is 0 Å². The number of nitrogens with one attached hydrogen (secondary N) is 1. The lowest BCUT2D eigenvalue weighted by molar-refractivity contribution is 0.0680. The van der Waals surface area contributed by atoms with E-state index in [0.29, 0.717) is 11.5 Å². The fourth-order valence-electron chi connectivity index (χ4n) is 2.37. The van der Waals surface area contributed by atoms with Crippen LogP contribution < -0.4 is 11.2 Å². The summed E-state index contributed by atoms with van der Waals surface area (Å²) in [6, 6.07) is 1.18. The van der Waals surface area contributed by atoms with Gasteiger partial charge in [-0.2, -0.15) is 0 Å². The van der Waals surface area contributed by atoms with Crippen LogP contribution >= 0.6 is 12.2 Å². The summed E-state index contributed by atoms with van der Waals surface area (Å²) < 4.78 is 0. The van der Waals surface area contributed by atoms with Crippen LogP contribution in [0.1, 0.15) is 35.3 Å². The van der Waals surface area contributed by atoms with Crippen molar-refractivity contribution in [1.29, 1.82) is 0 Å². The molecule has 1 fully saturated rings. The first-order valence-electron chi connectivity index (χ1n) is 6.30. The smallest absolute Gasteiger partial charge is 0.259 e. The highest BCUT2D eigenvalue weighted by atomic mass is 32.1. The third-order valence-corrected chi connectivity index (χ3v) is 3.65. The largest absolute Gasteiger partial charge is 0.392 e. The van der Waals surface area contributed by atoms with Gasteiger partial charge in [0, 0.05) is 24.5 Å². The van der Waals surface area contributed by atoms with E-state index in [1.807, 2.05) is 0 Å². The minimum atomic E-state index is -0.293. The third kappa shape index (κ3) is 2.84. The minimum Gasteiger partial charge on any atom is -0.392 e. The zero-order chi connectivity index (χ0) is 14.0. The number of amides is 1. The van der Waals surface area contributed by atoms with E-state index in [0.717, 1.165) is 25.0 Å². The molecule has 1 amide bonds. The molecule has 1 aliphatic rings. The monoisotopic (exact) mass is 279 g/mol. The third-order valence-electron chi connectivity index (χ3n) is 3.38. The number of likely N-dealkylation sites (tertiary alicyclic amines) is 1. The molecule has 2 heterocycles. The van der Waals surface area contributed by atoms with Gasteiger partial charge >= 0.3 is 0 Å². The summed E-state index contributed by atoms with van der Waals surface area (Å²) in [6.45, 7) is 2.36. The first kappa shape index (κ1) is 13.7. The molecule has 0 aliphatic carbocycles. The van der Waals surface area contributed by atoms with Crippen molar-refractivity contribution in [1.82, 2.24) is 9.88 Å². The Morgan fingerprint density at radius 3 is 2.89 bits per heavy atom. The van der Waals surface area contributed by atoms with E-state index >= 15 is 0 Å². The van der Waals surface area contributed by atoms with E-state index in [1.54, 1.807) is 11.8 Å². The number of hydrogen-bond donors (Lipinski definition) is 2. The zero-order valence-corrected chi connectivity index (χ0v) is 11.6. The highest BCUT2D eigenvalue weighted by Crippen LogP contribution is 2.19. The lowest BCUT2D eigenvalue weighted by Gasteiger charge is -2.34. The lowest BCUT2D eigenvalue weighted by Crippen LogP contribution is -2.50. The van der Waals surface area contributed by atoms with Crippen LogP contribution in [0.4, 0.5) is 0 Å². The molecule has 0 radical (unpaired) electrons. The minimum absolute atomic E-state index is 0.147. The van der Waals surface area contributed by atoms with Crippen molar-refractivity contribution in [2.75, 3.05) is 6.54 Å². The molecule has 19 heavy (non-hydrogen) atoms. The fraction of sp³-hybridized carbons (Fsp3) is 0.462. The van der Waals surface area contributed by atoms with Gasteiger partial charge in [0.15, 0.2) is 5.43 Å². The van der Waals surface area contributed by atoms with Crippen LogP contribution in [0.15, 0.2) is 17.1 Å². The second-order valence-corrected chi connectivity index (χ2v) is 5.28. The molecule has 1 aliphatic heterocycles. The highest BCUT2D eigenvalue weighted by molar-refractivity contribution is 7.80. The summed E-state index contributed by atoms with van der Waals surface area (Å²) in [4.78, 5) is 29.1. The van der Waals surface area contributed by atoms with Crippen LogP contribution in [-0.4, -0.2) is 33.4 Å². The number of H-pyrrole nitrogens is 1. The van der Waals surface area contributed by atoms with Gasteiger partial charge in [-0.15, -0.1) is 0 Å². The van der Waals surface area contributed by atoms with Crippen molar-refractivity contribution in [3.05, 3.63) is 33.7 Å². The molecule has 0 bridgehead atoms. The summed E-state index contributed by atoms with van der Waals surface area (Å²) in [5.74, 6) is -0.293. The first-order chi connectivity index (χ1) is 9.00. The Kier molecular flexibility index (Phi) is 3.99. The van der Waals surface area contributed by atoms with E-state index in [9.17, 15) is 9.59 Å². The van der Waals surface area contributed by atoms with E-state index in [1.165, 1.54) is 12.3 Å². The Labute approximate surface area is 116 Å². The van der Waals surface area contributed by atoms with E-state index in [2.05, 4.69) is 4.98 Å². The maximum absolute atomic E-state index is 12.4. The van der Waals surface area contributed by atoms with Gasteiger partial charge in [0.25, 0.3) is 5.91 Å². The Morgan fingerprint density at radius 1 is 1.53 bits per heavy atom. The van der Waals surface area contributed by atoms with Gasteiger partial charge in [0.1, 0.15) is 5.56 Å². The molecule has 2 rings (SSSR count). The number of nitrogens with two attached hydrogens (primary N) is 1. The number of carbonyl (C=O) groups is 1. The summed E-state index contributed by atoms with van der Waals surface area (Å²) >= 11 is 5.01. The van der Waals surface area contributed by atoms with Crippen molar-refractivity contribution in [2.24, 2.45) is 5.73 Å². The Bertz CT molecular complexity index is 567. The second kappa shape index (κ2) is 5.52. The van der Waals surface area contributed by atoms with Crippen LogP contribution in [0.3, 0.4) is 0 Å². The predicted molar refractivity (Wildman–Crippen MR) is 77.3 cm³/mol. The van der Waals surface area contributed by atoms with Gasteiger partial charge < -0.3 is 15.6 Å². The number of aromatic amines is 1. The maximum atomic E-state index is 12.4. The van der Waals surface area contributed by atoms with E-state index < -0.39 is 0 Å². The van der Waals surface area contributed by atoms with E-state index in [-0.39, 0.29) is 22.9 Å². The number of carbonyl (C=O) groups excluding carboxylic acids is 1. The predicted octanol–water partition coefficient (Wildman–Crippen LogP) is 0.964. The Balaban J connectivity index is 2.31. The topological polar surface area (TPSA) is 79.2 Å². The molecule has 5 nitrogen and oxygen atoms in total. The number of hydrogen-bond acceptors (Lipinski definition) is 3. The van der Waals surface area contributed by atoms with Gasteiger partial charge in [-0.05, 0) is 26.2 Å². The molecule has 1 saturated heterocycles. The average Bonchev–Trinajstić information content (AvgIpc) is 2.38. The molecular weight excluding hydrogens is 262 g/mol. The molecule has 0 spiro atoms. The van der Waals surface area contributed by atoms with Gasteiger partial charge in [-0.3, -0.25) is 9.59 Å². The van der Waals surface area contributed by atoms with Crippen LogP contribution in [0.25, 0.3) is 0 Å². The summed E-state index contributed by atoms with van der Waals surface area (Å²) in [6.07, 6.45) is 4.14. The Morgan fingerprint density at radius 2 is 2.26 bits per heavy atom. The quantitative estimate of drug-likeness (QED) is 0.790. The molecule has 102 valence electrons. The number of rotatable bonds is 2. The van der Waals surface area contributed by atoms with E-state index in [4.69, 9.17) is 18.0 Å². The van der Waals surface area contributed by atoms with Crippen LogP contribution in [0.5, 0.6) is 0 Å². The number of piperidine rings is 1. The van der Waals surface area contributed by atoms with Crippen molar-refractivity contribution < 1.29 is 4.79 Å². The van der Waals surface area contributed by atoms with Gasteiger partial charge in [0.05, 0.1) is 11.0 Å². The van der Waals surface area contributed by atoms with Crippen LogP contribution in [-0.2, 0) is 0 Å². The normalized spacial score (nSPS) is 19.2. The Hall–Kier alpha value is -1.69. The summed E-state index contributed by atoms with van der Waals surface area (Å²) in [5.41, 5.74) is 6.29. The summed E-state index contributed by atoms with van der Waals surface area (Å²) in [7, 11) is 0. The highest BCUT2D eigenvalue weighted by Gasteiger charge is 2.30. The van der Waals surface area contributed by atoms with Crippen molar-refractivity contribution in [3.63, 3.8) is 0 Å². The molecule has 1 aromatic heterocycles. The van der Waals surface area contributed by atoms with Crippen molar-refractivity contribution >= 4 is 23.1 Å². The van der Waals surface area contributed by atoms with Gasteiger partial charge in [-0.25, -0.2) is 0 Å². The maximum Gasteiger partial charge on any atom is 0.259 e. The molecular formula is C13H17N3O2S.